The van der Waals surface area contributed by atoms with Crippen LogP contribution in [0.4, 0.5) is 0 Å². The SMILES string of the molecule is O=C(O)CCC(C(=O)O)N1C(=O)/C(=C/c2ccc(-c3ccccc3Cl)o2)SC1=S. The molecule has 1 saturated heterocycles. The van der Waals surface area contributed by atoms with Gasteiger partial charge in [-0.2, -0.15) is 0 Å². The number of carboxylic acid groups (broad SMARTS) is 2. The van der Waals surface area contributed by atoms with Crippen molar-refractivity contribution in [3.63, 3.8) is 0 Å². The molecule has 0 radical (unpaired) electrons. The molecule has 0 aliphatic carbocycles. The monoisotopic (exact) mass is 451 g/mol. The fourth-order valence-electron chi connectivity index (χ4n) is 2.74. The summed E-state index contributed by atoms with van der Waals surface area (Å²) >= 11 is 12.3. The lowest BCUT2D eigenvalue weighted by atomic mass is 10.1. The van der Waals surface area contributed by atoms with Crippen LogP contribution in [0.5, 0.6) is 0 Å². The molecule has 0 saturated carbocycles. The number of aliphatic carboxylic acids is 2. The Labute approximate surface area is 179 Å². The number of benzene rings is 1. The normalized spacial score (nSPS) is 16.4. The van der Waals surface area contributed by atoms with Gasteiger partial charge in [0.25, 0.3) is 5.91 Å². The number of carbonyl (C=O) groups is 3. The summed E-state index contributed by atoms with van der Waals surface area (Å²) < 4.78 is 5.79. The minimum atomic E-state index is -1.35. The first-order valence-corrected chi connectivity index (χ1v) is 9.94. The number of thioether (sulfide) groups is 1. The van der Waals surface area contributed by atoms with Crippen LogP contribution in [-0.4, -0.2) is 43.3 Å². The van der Waals surface area contributed by atoms with Crippen molar-refractivity contribution in [2.45, 2.75) is 18.9 Å². The second-order valence-electron chi connectivity index (χ2n) is 6.02. The van der Waals surface area contributed by atoms with E-state index in [1.807, 2.05) is 6.07 Å². The standard InChI is InChI=1S/C19H14ClNO6S2/c20-12-4-2-1-3-11(12)14-7-5-10(27-14)9-15-17(24)21(19(28)29-15)13(18(25)26)6-8-16(22)23/h1-5,7,9,13H,6,8H2,(H,22,23)(H,25,26)/b15-9-. The molecule has 7 nitrogen and oxygen atoms in total. The minimum absolute atomic E-state index is 0.0527. The van der Waals surface area contributed by atoms with Crippen LogP contribution in [-0.2, 0) is 14.4 Å². The summed E-state index contributed by atoms with van der Waals surface area (Å²) in [4.78, 5) is 36.2. The van der Waals surface area contributed by atoms with Crippen LogP contribution in [0.2, 0.25) is 5.02 Å². The predicted molar refractivity (Wildman–Crippen MR) is 112 cm³/mol. The van der Waals surface area contributed by atoms with Crippen LogP contribution < -0.4 is 0 Å². The number of rotatable bonds is 7. The van der Waals surface area contributed by atoms with Gasteiger partial charge in [-0.25, -0.2) is 4.79 Å². The number of furan rings is 1. The van der Waals surface area contributed by atoms with Gasteiger partial charge in [0.05, 0.1) is 9.93 Å². The highest BCUT2D eigenvalue weighted by molar-refractivity contribution is 8.26. The largest absolute Gasteiger partial charge is 0.481 e. The Kier molecular flexibility index (Phi) is 6.41. The Morgan fingerprint density at radius 3 is 2.62 bits per heavy atom. The fourth-order valence-corrected chi connectivity index (χ4v) is 4.30. The van der Waals surface area contributed by atoms with Crippen molar-refractivity contribution in [3.05, 3.63) is 52.1 Å². The molecule has 0 bridgehead atoms. The van der Waals surface area contributed by atoms with Gasteiger partial charge in [-0.3, -0.25) is 14.5 Å². The van der Waals surface area contributed by atoms with Gasteiger partial charge < -0.3 is 14.6 Å². The van der Waals surface area contributed by atoms with Crippen LogP contribution in [0.25, 0.3) is 17.4 Å². The third-order valence-corrected chi connectivity index (χ3v) is 5.75. The second kappa shape index (κ2) is 8.81. The highest BCUT2D eigenvalue weighted by atomic mass is 35.5. The fraction of sp³-hybridized carbons (Fsp3) is 0.158. The molecular weight excluding hydrogens is 438 g/mol. The van der Waals surface area contributed by atoms with Crippen molar-refractivity contribution in [2.24, 2.45) is 0 Å². The molecular formula is C19H14ClNO6S2. The smallest absolute Gasteiger partial charge is 0.326 e. The maximum atomic E-state index is 12.7. The molecule has 1 aromatic heterocycles. The number of halogens is 1. The Morgan fingerprint density at radius 2 is 1.97 bits per heavy atom. The Balaban J connectivity index is 1.84. The van der Waals surface area contributed by atoms with E-state index < -0.39 is 30.3 Å². The van der Waals surface area contributed by atoms with Gasteiger partial charge in [0.1, 0.15) is 21.9 Å². The summed E-state index contributed by atoms with van der Waals surface area (Å²) in [6.45, 7) is 0. The van der Waals surface area contributed by atoms with E-state index in [-0.39, 0.29) is 15.6 Å². The highest BCUT2D eigenvalue weighted by Gasteiger charge is 2.40. The molecule has 1 aliphatic rings. The van der Waals surface area contributed by atoms with E-state index in [1.165, 1.54) is 6.08 Å². The number of hydrogen-bond donors (Lipinski definition) is 2. The molecule has 1 fully saturated rings. The Morgan fingerprint density at radius 1 is 1.24 bits per heavy atom. The molecule has 3 rings (SSSR count). The van der Waals surface area contributed by atoms with Crippen molar-refractivity contribution in [2.75, 3.05) is 0 Å². The molecule has 1 amide bonds. The van der Waals surface area contributed by atoms with E-state index >= 15 is 0 Å². The third kappa shape index (κ3) is 4.69. The predicted octanol–water partition coefficient (Wildman–Crippen LogP) is 4.12. The van der Waals surface area contributed by atoms with Crippen molar-refractivity contribution < 1.29 is 29.0 Å². The molecule has 1 aromatic carbocycles. The third-order valence-electron chi connectivity index (χ3n) is 4.09. The summed E-state index contributed by atoms with van der Waals surface area (Å²) in [5.41, 5.74) is 0.695. The lowest BCUT2D eigenvalue weighted by Crippen LogP contribution is -2.44. The molecule has 10 heteroatoms. The minimum Gasteiger partial charge on any atom is -0.481 e. The lowest BCUT2D eigenvalue weighted by Gasteiger charge is -2.22. The maximum Gasteiger partial charge on any atom is 0.326 e. The van der Waals surface area contributed by atoms with E-state index in [1.54, 1.807) is 30.3 Å². The zero-order chi connectivity index (χ0) is 21.1. The Hall–Kier alpha value is -2.62. The zero-order valence-corrected chi connectivity index (χ0v) is 17.1. The average molecular weight is 452 g/mol. The number of amides is 1. The summed E-state index contributed by atoms with van der Waals surface area (Å²) in [5, 5.41) is 18.7. The number of thiocarbonyl (C=S) groups is 1. The van der Waals surface area contributed by atoms with E-state index in [0.717, 1.165) is 16.7 Å². The zero-order valence-electron chi connectivity index (χ0n) is 14.7. The van der Waals surface area contributed by atoms with E-state index in [4.69, 9.17) is 33.3 Å². The van der Waals surface area contributed by atoms with Gasteiger partial charge in [-0.1, -0.05) is 47.7 Å². The van der Waals surface area contributed by atoms with Crippen molar-refractivity contribution in [3.8, 4) is 11.3 Å². The first-order chi connectivity index (χ1) is 13.8. The van der Waals surface area contributed by atoms with Crippen LogP contribution in [0, 0.1) is 0 Å². The number of nitrogens with zero attached hydrogens (tertiary/aromatic N) is 1. The molecule has 2 N–H and O–H groups in total. The summed E-state index contributed by atoms with van der Waals surface area (Å²) in [6, 6.07) is 9.16. The van der Waals surface area contributed by atoms with Crippen molar-refractivity contribution in [1.82, 2.24) is 4.90 Å². The Bertz CT molecular complexity index is 1030. The lowest BCUT2D eigenvalue weighted by molar-refractivity contribution is -0.146. The van der Waals surface area contributed by atoms with Crippen LogP contribution in [0.1, 0.15) is 18.6 Å². The van der Waals surface area contributed by atoms with Gasteiger partial charge in [0, 0.05) is 18.1 Å². The highest BCUT2D eigenvalue weighted by Crippen LogP contribution is 2.36. The molecule has 150 valence electrons. The van der Waals surface area contributed by atoms with Gasteiger partial charge in [0.15, 0.2) is 0 Å². The molecule has 1 atom stereocenters. The van der Waals surface area contributed by atoms with Gasteiger partial charge in [-0.15, -0.1) is 0 Å². The molecule has 2 aromatic rings. The van der Waals surface area contributed by atoms with Gasteiger partial charge in [0.2, 0.25) is 0 Å². The quantitative estimate of drug-likeness (QED) is 0.478. The number of carboxylic acids is 2. The number of carbonyl (C=O) groups excluding carboxylic acids is 1. The maximum absolute atomic E-state index is 12.7. The van der Waals surface area contributed by atoms with Gasteiger partial charge in [-0.05, 0) is 30.7 Å². The summed E-state index contributed by atoms with van der Waals surface area (Å²) in [7, 11) is 0. The molecule has 1 unspecified atom stereocenters. The van der Waals surface area contributed by atoms with Crippen LogP contribution >= 0.6 is 35.6 Å². The van der Waals surface area contributed by atoms with Gasteiger partial charge >= 0.3 is 11.9 Å². The summed E-state index contributed by atoms with van der Waals surface area (Å²) in [5.74, 6) is -2.18. The van der Waals surface area contributed by atoms with E-state index in [2.05, 4.69) is 0 Å². The summed E-state index contributed by atoms with van der Waals surface area (Å²) in [6.07, 6.45) is 0.823. The van der Waals surface area contributed by atoms with E-state index in [0.29, 0.717) is 22.1 Å². The number of hydrogen-bond acceptors (Lipinski definition) is 6. The first kappa shape index (κ1) is 21.1. The average Bonchev–Trinajstić information content (AvgIpc) is 3.22. The molecule has 0 spiro atoms. The molecule has 1 aliphatic heterocycles. The van der Waals surface area contributed by atoms with Crippen molar-refractivity contribution in [1.29, 1.82) is 0 Å². The van der Waals surface area contributed by atoms with Crippen LogP contribution in [0.3, 0.4) is 0 Å². The topological polar surface area (TPSA) is 108 Å². The van der Waals surface area contributed by atoms with Crippen LogP contribution in [0.15, 0.2) is 45.7 Å². The van der Waals surface area contributed by atoms with E-state index in [9.17, 15) is 19.5 Å². The molecule has 2 heterocycles. The first-order valence-electron chi connectivity index (χ1n) is 8.34. The van der Waals surface area contributed by atoms with Crippen molar-refractivity contribution >= 4 is 63.8 Å². The molecule has 29 heavy (non-hydrogen) atoms. The second-order valence-corrected chi connectivity index (χ2v) is 8.10.